The van der Waals surface area contributed by atoms with Crippen LogP contribution in [0.2, 0.25) is 0 Å². The lowest BCUT2D eigenvalue weighted by atomic mass is 10.1. The molecule has 4 heteroatoms. The van der Waals surface area contributed by atoms with Crippen molar-refractivity contribution in [2.45, 2.75) is 45.2 Å². The number of amidine groups is 1. The van der Waals surface area contributed by atoms with Crippen LogP contribution in [-0.4, -0.2) is 30.4 Å². The molecule has 4 nitrogen and oxygen atoms in total. The van der Waals surface area contributed by atoms with Crippen molar-refractivity contribution in [2.24, 2.45) is 5.73 Å². The first-order valence-corrected chi connectivity index (χ1v) is 7.41. The van der Waals surface area contributed by atoms with Crippen LogP contribution in [0.4, 0.5) is 0 Å². The van der Waals surface area contributed by atoms with E-state index in [0.29, 0.717) is 11.3 Å². The van der Waals surface area contributed by atoms with Gasteiger partial charge >= 0.3 is 0 Å². The van der Waals surface area contributed by atoms with Gasteiger partial charge in [0, 0.05) is 12.6 Å². The minimum absolute atomic E-state index is 0.0541. The molecule has 0 radical (unpaired) electrons. The summed E-state index contributed by atoms with van der Waals surface area (Å²) in [7, 11) is 1.63. The minimum Gasteiger partial charge on any atom is -0.496 e. The molecular weight excluding hydrogens is 250 g/mol. The molecule has 3 N–H and O–H groups in total. The molecule has 0 atom stereocenters. The first kappa shape index (κ1) is 14.9. The Balaban J connectivity index is 2.09. The van der Waals surface area contributed by atoms with Crippen molar-refractivity contribution in [2.75, 3.05) is 13.7 Å². The smallest absolute Gasteiger partial charge is 0.130 e. The second-order valence-corrected chi connectivity index (χ2v) is 5.50. The SMILES string of the molecule is CCCCN(Cc1ccc(C(=N)N)c(OC)c1)C1CC1. The van der Waals surface area contributed by atoms with Gasteiger partial charge in [-0.15, -0.1) is 0 Å². The van der Waals surface area contributed by atoms with E-state index in [0.717, 1.165) is 19.1 Å². The second-order valence-electron chi connectivity index (χ2n) is 5.50. The molecule has 0 aliphatic heterocycles. The van der Waals surface area contributed by atoms with Gasteiger partial charge in [-0.05, 0) is 43.5 Å². The number of nitrogens with two attached hydrogens (primary N) is 1. The number of rotatable bonds is 8. The number of benzene rings is 1. The maximum Gasteiger partial charge on any atom is 0.130 e. The third-order valence-corrected chi connectivity index (χ3v) is 3.80. The van der Waals surface area contributed by atoms with E-state index in [9.17, 15) is 0 Å². The van der Waals surface area contributed by atoms with Gasteiger partial charge < -0.3 is 10.5 Å². The number of unbranched alkanes of at least 4 members (excludes halogenated alkanes) is 1. The van der Waals surface area contributed by atoms with Gasteiger partial charge in [-0.3, -0.25) is 10.3 Å². The van der Waals surface area contributed by atoms with Crippen molar-refractivity contribution in [3.8, 4) is 5.75 Å². The zero-order valence-corrected chi connectivity index (χ0v) is 12.5. The fourth-order valence-electron chi connectivity index (χ4n) is 2.48. The van der Waals surface area contributed by atoms with Crippen LogP contribution in [0.15, 0.2) is 18.2 Å². The molecule has 110 valence electrons. The number of methoxy groups -OCH3 is 1. The molecule has 1 fully saturated rings. The van der Waals surface area contributed by atoms with Crippen LogP contribution in [-0.2, 0) is 6.54 Å². The van der Waals surface area contributed by atoms with Gasteiger partial charge in [-0.2, -0.15) is 0 Å². The lowest BCUT2D eigenvalue weighted by molar-refractivity contribution is 0.250. The summed E-state index contributed by atoms with van der Waals surface area (Å²) in [5, 5.41) is 7.55. The maximum absolute atomic E-state index is 7.55. The molecule has 1 saturated carbocycles. The predicted molar refractivity (Wildman–Crippen MR) is 82.4 cm³/mol. The summed E-state index contributed by atoms with van der Waals surface area (Å²) < 4.78 is 5.35. The Hall–Kier alpha value is -1.55. The Morgan fingerprint density at radius 3 is 2.75 bits per heavy atom. The highest BCUT2D eigenvalue weighted by Gasteiger charge is 2.28. The first-order valence-electron chi connectivity index (χ1n) is 7.41. The van der Waals surface area contributed by atoms with Gasteiger partial charge in [0.05, 0.1) is 12.7 Å². The van der Waals surface area contributed by atoms with E-state index in [1.807, 2.05) is 12.1 Å². The van der Waals surface area contributed by atoms with Gasteiger partial charge in [-0.25, -0.2) is 0 Å². The molecule has 1 aromatic carbocycles. The molecule has 0 heterocycles. The van der Waals surface area contributed by atoms with Crippen LogP contribution < -0.4 is 10.5 Å². The minimum atomic E-state index is 0.0541. The van der Waals surface area contributed by atoms with E-state index in [1.165, 1.54) is 31.2 Å². The van der Waals surface area contributed by atoms with E-state index < -0.39 is 0 Å². The van der Waals surface area contributed by atoms with Gasteiger partial charge in [0.25, 0.3) is 0 Å². The zero-order valence-electron chi connectivity index (χ0n) is 12.5. The molecule has 1 aliphatic carbocycles. The lowest BCUT2D eigenvalue weighted by Gasteiger charge is -2.22. The largest absolute Gasteiger partial charge is 0.496 e. The number of hydrogen-bond acceptors (Lipinski definition) is 3. The van der Waals surface area contributed by atoms with Gasteiger partial charge in [-0.1, -0.05) is 19.4 Å². The summed E-state index contributed by atoms with van der Waals surface area (Å²) >= 11 is 0. The molecule has 0 saturated heterocycles. The van der Waals surface area contributed by atoms with Crippen molar-refractivity contribution in [1.29, 1.82) is 5.41 Å². The molecule has 20 heavy (non-hydrogen) atoms. The van der Waals surface area contributed by atoms with E-state index in [2.05, 4.69) is 17.9 Å². The fraction of sp³-hybridized carbons (Fsp3) is 0.562. The Kier molecular flexibility index (Phi) is 5.01. The second kappa shape index (κ2) is 6.75. The van der Waals surface area contributed by atoms with Crippen LogP contribution in [0, 0.1) is 5.41 Å². The van der Waals surface area contributed by atoms with E-state index in [1.54, 1.807) is 7.11 Å². The van der Waals surface area contributed by atoms with Crippen LogP contribution >= 0.6 is 0 Å². The topological polar surface area (TPSA) is 62.3 Å². The quantitative estimate of drug-likeness (QED) is 0.566. The number of ether oxygens (including phenoxy) is 1. The number of nitrogen functional groups attached to an aromatic ring is 1. The average molecular weight is 275 g/mol. The summed E-state index contributed by atoms with van der Waals surface area (Å²) in [4.78, 5) is 2.56. The third kappa shape index (κ3) is 3.73. The molecule has 0 aromatic heterocycles. The maximum atomic E-state index is 7.55. The molecule has 0 bridgehead atoms. The fourth-order valence-corrected chi connectivity index (χ4v) is 2.48. The summed E-state index contributed by atoms with van der Waals surface area (Å²) in [6.07, 6.45) is 5.13. The van der Waals surface area contributed by atoms with Gasteiger partial charge in [0.2, 0.25) is 0 Å². The molecule has 0 amide bonds. The van der Waals surface area contributed by atoms with Crippen LogP contribution in [0.1, 0.15) is 43.7 Å². The lowest BCUT2D eigenvalue weighted by Crippen LogP contribution is -2.26. The molecule has 1 aliphatic rings. The van der Waals surface area contributed by atoms with Crippen LogP contribution in [0.3, 0.4) is 0 Å². The first-order chi connectivity index (χ1) is 9.65. The van der Waals surface area contributed by atoms with E-state index in [4.69, 9.17) is 15.9 Å². The van der Waals surface area contributed by atoms with Crippen LogP contribution in [0.25, 0.3) is 0 Å². The van der Waals surface area contributed by atoms with Crippen molar-refractivity contribution >= 4 is 5.84 Å². The summed E-state index contributed by atoms with van der Waals surface area (Å²) in [5.74, 6) is 0.750. The van der Waals surface area contributed by atoms with Crippen molar-refractivity contribution in [3.63, 3.8) is 0 Å². The Morgan fingerprint density at radius 1 is 1.45 bits per heavy atom. The molecule has 0 spiro atoms. The summed E-state index contributed by atoms with van der Waals surface area (Å²) in [6.45, 7) is 4.35. The van der Waals surface area contributed by atoms with Crippen molar-refractivity contribution < 1.29 is 4.74 Å². The predicted octanol–water partition coefficient (Wildman–Crippen LogP) is 2.74. The van der Waals surface area contributed by atoms with Gasteiger partial charge in [0.15, 0.2) is 0 Å². The van der Waals surface area contributed by atoms with E-state index in [-0.39, 0.29) is 5.84 Å². The number of nitrogens with one attached hydrogen (secondary N) is 1. The van der Waals surface area contributed by atoms with Gasteiger partial charge in [0.1, 0.15) is 11.6 Å². The van der Waals surface area contributed by atoms with Crippen LogP contribution in [0.5, 0.6) is 5.75 Å². The monoisotopic (exact) mass is 275 g/mol. The van der Waals surface area contributed by atoms with Crippen molar-refractivity contribution in [1.82, 2.24) is 4.90 Å². The van der Waals surface area contributed by atoms with Crippen molar-refractivity contribution in [3.05, 3.63) is 29.3 Å². The van der Waals surface area contributed by atoms with E-state index >= 15 is 0 Å². The zero-order chi connectivity index (χ0) is 14.5. The standard InChI is InChI=1S/C16H25N3O/c1-3-4-9-19(13-6-7-13)11-12-5-8-14(16(17)18)15(10-12)20-2/h5,8,10,13H,3-4,6-7,9,11H2,1-2H3,(H3,17,18). The Labute approximate surface area is 121 Å². The summed E-state index contributed by atoms with van der Waals surface area (Å²) in [6, 6.07) is 6.72. The normalized spacial score (nSPS) is 14.6. The average Bonchev–Trinajstić information content (AvgIpc) is 3.27. The highest BCUT2D eigenvalue weighted by atomic mass is 16.5. The number of nitrogens with zero attached hydrogens (tertiary/aromatic N) is 1. The molecule has 2 rings (SSSR count). The highest BCUT2D eigenvalue weighted by molar-refractivity contribution is 5.97. The Morgan fingerprint density at radius 2 is 2.20 bits per heavy atom. The molecule has 0 unspecified atom stereocenters. The Bertz CT molecular complexity index is 469. The molecule has 1 aromatic rings. The third-order valence-electron chi connectivity index (χ3n) is 3.80. The molecular formula is C16H25N3O. The summed E-state index contributed by atoms with van der Waals surface area (Å²) in [5.41, 5.74) is 7.46. The number of hydrogen-bond donors (Lipinski definition) is 2. The highest BCUT2D eigenvalue weighted by Crippen LogP contribution is 2.29.